The lowest BCUT2D eigenvalue weighted by Gasteiger charge is -2.08. The number of rotatable bonds is 4. The number of thioether (sulfide) groups is 1. The number of hydrogen-bond donors (Lipinski definition) is 1. The Bertz CT molecular complexity index is 314. The van der Waals surface area contributed by atoms with Crippen molar-refractivity contribution < 1.29 is 4.79 Å². The van der Waals surface area contributed by atoms with Gasteiger partial charge in [-0.1, -0.05) is 0 Å². The molecule has 1 N–H and O–H groups in total. The van der Waals surface area contributed by atoms with Gasteiger partial charge in [-0.25, -0.2) is 0 Å². The smallest absolute Gasteiger partial charge is 0.233 e. The molecule has 78 valence electrons. The van der Waals surface area contributed by atoms with E-state index in [0.29, 0.717) is 6.54 Å². The number of halogens is 1. The molecule has 5 heteroatoms. The number of carbonyl (C=O) groups excluding carboxylic acids is 1. The van der Waals surface area contributed by atoms with Gasteiger partial charge in [-0.15, -0.1) is 11.3 Å². The first kappa shape index (κ1) is 12.1. The van der Waals surface area contributed by atoms with Gasteiger partial charge in [-0.05, 0) is 41.2 Å². The second kappa shape index (κ2) is 5.78. The first-order valence-corrected chi connectivity index (χ1v) is 7.08. The highest BCUT2D eigenvalue weighted by molar-refractivity contribution is 9.11. The normalized spacial score (nSPS) is 12.5. The Kier molecular flexibility index (Phi) is 4.98. The number of thiophene rings is 1. The molecule has 0 radical (unpaired) electrons. The quantitative estimate of drug-likeness (QED) is 0.925. The molecule has 1 amide bonds. The Balaban J connectivity index is 2.37. The molecule has 0 spiro atoms. The van der Waals surface area contributed by atoms with Gasteiger partial charge >= 0.3 is 0 Å². The summed E-state index contributed by atoms with van der Waals surface area (Å²) < 4.78 is 1.10. The van der Waals surface area contributed by atoms with E-state index in [1.54, 1.807) is 23.1 Å². The zero-order valence-corrected chi connectivity index (χ0v) is 11.3. The molecule has 1 aromatic rings. The van der Waals surface area contributed by atoms with E-state index < -0.39 is 0 Å². The van der Waals surface area contributed by atoms with Crippen molar-refractivity contribution in [1.82, 2.24) is 5.32 Å². The van der Waals surface area contributed by atoms with E-state index in [4.69, 9.17) is 0 Å². The summed E-state index contributed by atoms with van der Waals surface area (Å²) >= 11 is 6.58. The number of hydrogen-bond acceptors (Lipinski definition) is 3. The topological polar surface area (TPSA) is 29.1 Å². The standard InChI is InChI=1S/C9H12BrNOS2/c1-6(13-2)9(12)11-5-7-3-4-8(10)14-7/h3-4,6H,5H2,1-2H3,(H,11,12). The molecule has 14 heavy (non-hydrogen) atoms. The van der Waals surface area contributed by atoms with Gasteiger partial charge in [-0.3, -0.25) is 4.79 Å². The van der Waals surface area contributed by atoms with Gasteiger partial charge in [0.2, 0.25) is 5.91 Å². The van der Waals surface area contributed by atoms with Crippen LogP contribution in [0.5, 0.6) is 0 Å². The van der Waals surface area contributed by atoms with Crippen molar-refractivity contribution in [2.45, 2.75) is 18.7 Å². The third-order valence-corrected chi connectivity index (χ3v) is 4.33. The summed E-state index contributed by atoms with van der Waals surface area (Å²) in [5, 5.41) is 2.92. The second-order valence-electron chi connectivity index (χ2n) is 2.80. The first-order valence-electron chi connectivity index (χ1n) is 4.18. The highest BCUT2D eigenvalue weighted by atomic mass is 79.9. The molecule has 0 fully saturated rings. The van der Waals surface area contributed by atoms with Crippen molar-refractivity contribution in [3.63, 3.8) is 0 Å². The fourth-order valence-electron chi connectivity index (χ4n) is 0.872. The molecular weight excluding hydrogens is 282 g/mol. The Morgan fingerprint density at radius 2 is 2.43 bits per heavy atom. The van der Waals surface area contributed by atoms with E-state index in [2.05, 4.69) is 21.2 Å². The van der Waals surface area contributed by atoms with Crippen LogP contribution in [0.1, 0.15) is 11.8 Å². The first-order chi connectivity index (χ1) is 6.63. The van der Waals surface area contributed by atoms with Crippen LogP contribution in [0.4, 0.5) is 0 Å². The van der Waals surface area contributed by atoms with Crippen LogP contribution in [0.2, 0.25) is 0 Å². The molecule has 0 saturated heterocycles. The summed E-state index contributed by atoms with van der Waals surface area (Å²) in [4.78, 5) is 12.6. The van der Waals surface area contributed by atoms with Gasteiger partial charge in [0.25, 0.3) is 0 Å². The summed E-state index contributed by atoms with van der Waals surface area (Å²) in [6.45, 7) is 2.53. The molecule has 0 aliphatic heterocycles. The Hall–Kier alpha value is -0.0000000000000000833. The molecule has 1 rings (SSSR count). The molecule has 1 heterocycles. The van der Waals surface area contributed by atoms with Crippen molar-refractivity contribution in [2.24, 2.45) is 0 Å². The number of nitrogens with one attached hydrogen (secondary N) is 1. The average molecular weight is 294 g/mol. The van der Waals surface area contributed by atoms with Crippen LogP contribution < -0.4 is 5.32 Å². The van der Waals surface area contributed by atoms with E-state index in [1.165, 1.54) is 4.88 Å². The van der Waals surface area contributed by atoms with Crippen molar-refractivity contribution in [2.75, 3.05) is 6.26 Å². The largest absolute Gasteiger partial charge is 0.350 e. The van der Waals surface area contributed by atoms with Crippen LogP contribution in [-0.4, -0.2) is 17.4 Å². The van der Waals surface area contributed by atoms with Crippen LogP contribution in [0, 0.1) is 0 Å². The lowest BCUT2D eigenvalue weighted by Crippen LogP contribution is -2.29. The highest BCUT2D eigenvalue weighted by Gasteiger charge is 2.10. The third kappa shape index (κ3) is 3.63. The second-order valence-corrected chi connectivity index (χ2v) is 6.53. The van der Waals surface area contributed by atoms with Crippen LogP contribution in [0.15, 0.2) is 15.9 Å². The number of amides is 1. The van der Waals surface area contributed by atoms with E-state index in [0.717, 1.165) is 3.79 Å². The molecule has 1 atom stereocenters. The molecule has 0 aromatic carbocycles. The zero-order chi connectivity index (χ0) is 10.6. The van der Waals surface area contributed by atoms with Crippen LogP contribution in [0.3, 0.4) is 0 Å². The predicted octanol–water partition coefficient (Wildman–Crippen LogP) is 2.88. The van der Waals surface area contributed by atoms with E-state index >= 15 is 0 Å². The monoisotopic (exact) mass is 293 g/mol. The predicted molar refractivity (Wildman–Crippen MR) is 66.8 cm³/mol. The van der Waals surface area contributed by atoms with Gasteiger partial charge < -0.3 is 5.32 Å². The molecule has 0 aliphatic rings. The molecule has 0 bridgehead atoms. The van der Waals surface area contributed by atoms with Crippen LogP contribution in [0.25, 0.3) is 0 Å². The van der Waals surface area contributed by atoms with Gasteiger partial charge in [0.15, 0.2) is 0 Å². The average Bonchev–Trinajstić information content (AvgIpc) is 2.59. The maximum atomic E-state index is 11.4. The van der Waals surface area contributed by atoms with Gasteiger partial charge in [0.1, 0.15) is 0 Å². The zero-order valence-electron chi connectivity index (χ0n) is 8.04. The fraction of sp³-hybridized carbons (Fsp3) is 0.444. The molecular formula is C9H12BrNOS2. The van der Waals surface area contributed by atoms with Gasteiger partial charge in [0, 0.05) is 4.88 Å². The van der Waals surface area contributed by atoms with Crippen molar-refractivity contribution in [3.8, 4) is 0 Å². The third-order valence-electron chi connectivity index (χ3n) is 1.79. The molecule has 1 unspecified atom stereocenters. The maximum absolute atomic E-state index is 11.4. The van der Waals surface area contributed by atoms with E-state index in [1.807, 2.05) is 25.3 Å². The number of carbonyl (C=O) groups is 1. The van der Waals surface area contributed by atoms with Gasteiger partial charge in [-0.2, -0.15) is 11.8 Å². The van der Waals surface area contributed by atoms with Crippen LogP contribution in [-0.2, 0) is 11.3 Å². The summed E-state index contributed by atoms with van der Waals surface area (Å²) in [5.41, 5.74) is 0. The van der Waals surface area contributed by atoms with E-state index in [9.17, 15) is 4.79 Å². The Morgan fingerprint density at radius 1 is 1.71 bits per heavy atom. The van der Waals surface area contributed by atoms with E-state index in [-0.39, 0.29) is 11.2 Å². The molecule has 0 aliphatic carbocycles. The fourth-order valence-corrected chi connectivity index (χ4v) is 2.59. The Morgan fingerprint density at radius 3 is 2.93 bits per heavy atom. The molecule has 1 aromatic heterocycles. The van der Waals surface area contributed by atoms with Crippen molar-refractivity contribution in [3.05, 3.63) is 20.8 Å². The Labute approximate surface area is 101 Å². The summed E-state index contributed by atoms with van der Waals surface area (Å²) in [6.07, 6.45) is 1.94. The highest BCUT2D eigenvalue weighted by Crippen LogP contribution is 2.21. The minimum atomic E-state index is 0.0263. The SMILES string of the molecule is CSC(C)C(=O)NCc1ccc(Br)s1. The minimum Gasteiger partial charge on any atom is -0.350 e. The molecule has 0 saturated carbocycles. The minimum absolute atomic E-state index is 0.0263. The van der Waals surface area contributed by atoms with Crippen molar-refractivity contribution >= 4 is 44.9 Å². The van der Waals surface area contributed by atoms with Crippen LogP contribution >= 0.6 is 39.0 Å². The summed E-state index contributed by atoms with van der Waals surface area (Å²) in [5.74, 6) is 0.0991. The summed E-state index contributed by atoms with van der Waals surface area (Å²) in [6, 6.07) is 4.00. The van der Waals surface area contributed by atoms with Crippen molar-refractivity contribution in [1.29, 1.82) is 0 Å². The maximum Gasteiger partial charge on any atom is 0.233 e. The summed E-state index contributed by atoms with van der Waals surface area (Å²) in [7, 11) is 0. The van der Waals surface area contributed by atoms with Gasteiger partial charge in [0.05, 0.1) is 15.6 Å². The lowest BCUT2D eigenvalue weighted by atomic mass is 10.4. The lowest BCUT2D eigenvalue weighted by molar-refractivity contribution is -0.120. The molecule has 2 nitrogen and oxygen atoms in total.